The number of aliphatic hydroxyl groups is 1. The van der Waals surface area contributed by atoms with Gasteiger partial charge in [0.2, 0.25) is 0 Å². The number of rotatable bonds is 8. The lowest BCUT2D eigenvalue weighted by Crippen LogP contribution is -2.28. The third-order valence-electron chi connectivity index (χ3n) is 2.55. The Kier molecular flexibility index (Phi) is 13.7. The molecule has 0 saturated carbocycles. The molecule has 6 heteroatoms. The summed E-state index contributed by atoms with van der Waals surface area (Å²) in [5.74, 6) is 0. The maximum absolute atomic E-state index is 8.58. The lowest BCUT2D eigenvalue weighted by atomic mass is 10.2. The van der Waals surface area contributed by atoms with Gasteiger partial charge in [0.05, 0.1) is 6.61 Å². The molecule has 0 aliphatic rings. The Morgan fingerprint density at radius 2 is 1.53 bits per heavy atom. The van der Waals surface area contributed by atoms with Gasteiger partial charge in [0, 0.05) is 46.0 Å². The molecular weight excluding hydrogens is 285 g/mol. The summed E-state index contributed by atoms with van der Waals surface area (Å²) in [6.07, 6.45) is 0. The Morgan fingerprint density at radius 1 is 0.947 bits per heavy atom. The summed E-state index contributed by atoms with van der Waals surface area (Å²) in [6, 6.07) is 8.54. The lowest BCUT2D eigenvalue weighted by Gasteiger charge is -2.13. The number of nitrogens with zero attached hydrogens (tertiary/aromatic N) is 1. The molecule has 112 valence electrons. The molecule has 1 rings (SSSR count). The fourth-order valence-corrected chi connectivity index (χ4v) is 1.53. The van der Waals surface area contributed by atoms with Crippen LogP contribution in [0.3, 0.4) is 0 Å². The molecule has 19 heavy (non-hydrogen) atoms. The third-order valence-corrected chi connectivity index (χ3v) is 2.55. The number of hydrogen-bond acceptors (Lipinski definition) is 4. The molecule has 0 heterocycles. The Morgan fingerprint density at radius 3 is 2.05 bits per heavy atom. The third kappa shape index (κ3) is 9.08. The van der Waals surface area contributed by atoms with Gasteiger partial charge in [-0.3, -0.25) is 0 Å². The second-order valence-electron chi connectivity index (χ2n) is 4.21. The molecule has 4 nitrogen and oxygen atoms in total. The second-order valence-corrected chi connectivity index (χ2v) is 4.21. The number of halogens is 2. The van der Waals surface area contributed by atoms with Crippen LogP contribution in [0, 0.1) is 0 Å². The molecule has 0 spiro atoms. The van der Waals surface area contributed by atoms with Crippen molar-refractivity contribution in [2.24, 2.45) is 0 Å². The maximum atomic E-state index is 8.58. The van der Waals surface area contributed by atoms with Crippen LogP contribution in [-0.4, -0.2) is 45.4 Å². The molecule has 3 N–H and O–H groups in total. The van der Waals surface area contributed by atoms with E-state index >= 15 is 0 Å². The summed E-state index contributed by atoms with van der Waals surface area (Å²) in [5.41, 5.74) is 2.51. The number of nitrogens with one attached hydrogen (secondary N) is 2. The van der Waals surface area contributed by atoms with Gasteiger partial charge in [0.1, 0.15) is 0 Å². The zero-order valence-electron chi connectivity index (χ0n) is 11.6. The van der Waals surface area contributed by atoms with Gasteiger partial charge in [-0.05, 0) is 17.7 Å². The highest BCUT2D eigenvalue weighted by molar-refractivity contribution is 5.85. The predicted octanol–water partition coefficient (Wildman–Crippen LogP) is 1.27. The molecular formula is C13H25Cl2N3O. The van der Waals surface area contributed by atoms with Gasteiger partial charge < -0.3 is 20.6 Å². The minimum absolute atomic E-state index is 0. The zero-order valence-corrected chi connectivity index (χ0v) is 13.2. The van der Waals surface area contributed by atoms with Gasteiger partial charge >= 0.3 is 0 Å². The highest BCUT2D eigenvalue weighted by atomic mass is 35.5. The quantitative estimate of drug-likeness (QED) is 0.633. The predicted molar refractivity (Wildman–Crippen MR) is 86.9 cm³/mol. The summed E-state index contributed by atoms with van der Waals surface area (Å²) in [7, 11) is 4.08. The van der Waals surface area contributed by atoms with E-state index in [1.807, 2.05) is 14.1 Å². The first-order valence-electron chi connectivity index (χ1n) is 6.02. The van der Waals surface area contributed by atoms with Crippen LogP contribution in [0.2, 0.25) is 0 Å². The van der Waals surface area contributed by atoms with Crippen LogP contribution < -0.4 is 15.5 Å². The van der Waals surface area contributed by atoms with Gasteiger partial charge in [-0.25, -0.2) is 0 Å². The fourth-order valence-electron chi connectivity index (χ4n) is 1.53. The molecule has 0 aliphatic heterocycles. The molecule has 0 saturated heterocycles. The molecule has 0 radical (unpaired) electrons. The van der Waals surface area contributed by atoms with E-state index in [9.17, 15) is 0 Å². The van der Waals surface area contributed by atoms with Gasteiger partial charge in [0.25, 0.3) is 0 Å². The number of anilines is 1. The van der Waals surface area contributed by atoms with Crippen LogP contribution in [0.4, 0.5) is 5.69 Å². The Bertz CT molecular complexity index is 307. The van der Waals surface area contributed by atoms with Crippen molar-refractivity contribution in [1.29, 1.82) is 0 Å². The Labute approximate surface area is 128 Å². The molecule has 1 aromatic rings. The first-order chi connectivity index (χ1) is 8.24. The monoisotopic (exact) mass is 309 g/mol. The molecule has 1 aromatic carbocycles. The summed E-state index contributed by atoms with van der Waals surface area (Å²) < 4.78 is 0. The SMILES string of the molecule is CN(C)c1ccc(CNCCNCCO)cc1.Cl.Cl. The molecule has 0 unspecified atom stereocenters. The van der Waals surface area contributed by atoms with Crippen molar-refractivity contribution in [1.82, 2.24) is 10.6 Å². The van der Waals surface area contributed by atoms with Gasteiger partial charge in [-0.15, -0.1) is 24.8 Å². The van der Waals surface area contributed by atoms with Crippen LogP contribution >= 0.6 is 24.8 Å². The van der Waals surface area contributed by atoms with E-state index in [1.54, 1.807) is 0 Å². The second kappa shape index (κ2) is 12.5. The lowest BCUT2D eigenvalue weighted by molar-refractivity contribution is 0.292. The van der Waals surface area contributed by atoms with Gasteiger partial charge in [0.15, 0.2) is 0 Å². The van der Waals surface area contributed by atoms with Crippen LogP contribution in [0.1, 0.15) is 5.56 Å². The van der Waals surface area contributed by atoms with E-state index < -0.39 is 0 Å². The van der Waals surface area contributed by atoms with Crippen molar-refractivity contribution in [2.75, 3.05) is 45.2 Å². The first kappa shape index (κ1) is 20.8. The van der Waals surface area contributed by atoms with E-state index in [0.717, 1.165) is 19.6 Å². The van der Waals surface area contributed by atoms with Gasteiger partial charge in [-0.2, -0.15) is 0 Å². The average molecular weight is 310 g/mol. The summed E-state index contributed by atoms with van der Waals surface area (Å²) in [6.45, 7) is 3.55. The number of aliphatic hydroxyl groups excluding tert-OH is 1. The standard InChI is InChI=1S/C13H23N3O.2ClH/c1-16(2)13-5-3-12(4-6-13)11-15-8-7-14-9-10-17;;/h3-6,14-15,17H,7-11H2,1-2H3;2*1H. The smallest absolute Gasteiger partial charge is 0.0555 e. The maximum Gasteiger partial charge on any atom is 0.0555 e. The summed E-state index contributed by atoms with van der Waals surface area (Å²) in [5, 5.41) is 15.1. The minimum atomic E-state index is 0. The highest BCUT2D eigenvalue weighted by Crippen LogP contribution is 2.11. The number of hydrogen-bond donors (Lipinski definition) is 3. The molecule has 0 amide bonds. The van der Waals surface area contributed by atoms with E-state index in [-0.39, 0.29) is 31.4 Å². The molecule has 0 atom stereocenters. The van der Waals surface area contributed by atoms with E-state index in [2.05, 4.69) is 39.8 Å². The highest BCUT2D eigenvalue weighted by Gasteiger charge is 1.95. The summed E-state index contributed by atoms with van der Waals surface area (Å²) in [4.78, 5) is 2.09. The van der Waals surface area contributed by atoms with Crippen molar-refractivity contribution in [3.05, 3.63) is 29.8 Å². The fraction of sp³-hybridized carbons (Fsp3) is 0.538. The molecule has 0 bridgehead atoms. The van der Waals surface area contributed by atoms with E-state index in [1.165, 1.54) is 11.3 Å². The Balaban J connectivity index is 0. The van der Waals surface area contributed by atoms with Crippen molar-refractivity contribution in [3.8, 4) is 0 Å². The van der Waals surface area contributed by atoms with Crippen molar-refractivity contribution >= 4 is 30.5 Å². The number of benzene rings is 1. The summed E-state index contributed by atoms with van der Waals surface area (Å²) >= 11 is 0. The van der Waals surface area contributed by atoms with Crippen LogP contribution in [0.25, 0.3) is 0 Å². The van der Waals surface area contributed by atoms with Gasteiger partial charge in [-0.1, -0.05) is 12.1 Å². The van der Waals surface area contributed by atoms with Crippen molar-refractivity contribution in [2.45, 2.75) is 6.54 Å². The topological polar surface area (TPSA) is 47.5 Å². The first-order valence-corrected chi connectivity index (χ1v) is 6.02. The minimum Gasteiger partial charge on any atom is -0.395 e. The Hall–Kier alpha value is -0.520. The van der Waals surface area contributed by atoms with Crippen LogP contribution in [-0.2, 0) is 6.54 Å². The van der Waals surface area contributed by atoms with Crippen LogP contribution in [0.5, 0.6) is 0 Å². The van der Waals surface area contributed by atoms with Crippen molar-refractivity contribution in [3.63, 3.8) is 0 Å². The van der Waals surface area contributed by atoms with E-state index in [4.69, 9.17) is 5.11 Å². The largest absolute Gasteiger partial charge is 0.395 e. The molecule has 0 aromatic heterocycles. The zero-order chi connectivity index (χ0) is 12.5. The molecule has 0 fully saturated rings. The normalized spacial score (nSPS) is 9.42. The molecule has 0 aliphatic carbocycles. The van der Waals surface area contributed by atoms with Crippen molar-refractivity contribution < 1.29 is 5.11 Å². The average Bonchev–Trinajstić information content (AvgIpc) is 2.34. The van der Waals surface area contributed by atoms with E-state index in [0.29, 0.717) is 6.54 Å². The van der Waals surface area contributed by atoms with Crippen LogP contribution in [0.15, 0.2) is 24.3 Å².